The van der Waals surface area contributed by atoms with E-state index >= 15 is 0 Å². The topological polar surface area (TPSA) is 89.9 Å². The predicted octanol–water partition coefficient (Wildman–Crippen LogP) is -0.618. The Bertz CT molecular complexity index is 336. The Morgan fingerprint density at radius 3 is 3.06 bits per heavy atom. The Hall–Kier alpha value is -1.40. The maximum absolute atomic E-state index is 10.1. The maximum Gasteiger partial charge on any atom is 0.234 e. The molecule has 2 fully saturated rings. The minimum Gasteiger partial charge on any atom is -0.384 e. The summed E-state index contributed by atoms with van der Waals surface area (Å²) in [4.78, 5) is 15.4. The van der Waals surface area contributed by atoms with Gasteiger partial charge in [0, 0.05) is 19.8 Å². The normalized spacial score (nSPS) is 33.6. The van der Waals surface area contributed by atoms with E-state index in [0.29, 0.717) is 6.41 Å². The summed E-state index contributed by atoms with van der Waals surface area (Å²) < 4.78 is 5.83. The van der Waals surface area contributed by atoms with Crippen LogP contribution in [0.25, 0.3) is 0 Å². The molecule has 0 saturated carbocycles. The summed E-state index contributed by atoms with van der Waals surface area (Å²) in [6.45, 7) is 0.940. The number of amides is 1. The van der Waals surface area contributed by atoms with Crippen molar-refractivity contribution >= 4 is 12.2 Å². The monoisotopic (exact) mass is 224 g/mol. The molecular formula is C10H16N4O2. The van der Waals surface area contributed by atoms with Gasteiger partial charge in [-0.05, 0) is 18.9 Å². The molecule has 0 aromatic carbocycles. The van der Waals surface area contributed by atoms with Crippen molar-refractivity contribution in [3.63, 3.8) is 0 Å². The van der Waals surface area contributed by atoms with Gasteiger partial charge in [-0.2, -0.15) is 4.99 Å². The van der Waals surface area contributed by atoms with Gasteiger partial charge in [0.2, 0.25) is 6.41 Å². The smallest absolute Gasteiger partial charge is 0.234 e. The van der Waals surface area contributed by atoms with Crippen molar-refractivity contribution in [1.82, 2.24) is 10.2 Å². The first-order chi connectivity index (χ1) is 7.65. The second-order valence-corrected chi connectivity index (χ2v) is 4.10. The van der Waals surface area contributed by atoms with Gasteiger partial charge in [-0.15, -0.1) is 0 Å². The zero-order chi connectivity index (χ0) is 11.6. The standard InChI is InChI=1S/C10H16N4O2/c1-14(5-3-8(11)12-7-15)9-2-4-10(16-9)6-13-10/h3,5,7,9,13H,2,4,6H2,1H3,(H2,11,12,15)/b5-3-. The van der Waals surface area contributed by atoms with Crippen LogP contribution in [0.15, 0.2) is 17.3 Å². The first-order valence-corrected chi connectivity index (χ1v) is 5.25. The number of nitrogens with one attached hydrogen (secondary N) is 1. The number of nitrogens with zero attached hydrogens (tertiary/aromatic N) is 2. The molecule has 3 N–H and O–H groups in total. The van der Waals surface area contributed by atoms with Crippen molar-refractivity contribution in [2.45, 2.75) is 24.8 Å². The van der Waals surface area contributed by atoms with Crippen LogP contribution in [0.5, 0.6) is 0 Å². The Labute approximate surface area is 94.1 Å². The third kappa shape index (κ3) is 2.40. The number of nitrogens with two attached hydrogens (primary N) is 1. The zero-order valence-corrected chi connectivity index (χ0v) is 9.22. The van der Waals surface area contributed by atoms with E-state index in [4.69, 9.17) is 10.5 Å². The summed E-state index contributed by atoms with van der Waals surface area (Å²) in [5, 5.41) is 3.21. The average Bonchev–Trinajstić information content (AvgIpc) is 2.86. The molecule has 0 aliphatic carbocycles. The van der Waals surface area contributed by atoms with Crippen molar-refractivity contribution in [1.29, 1.82) is 0 Å². The predicted molar refractivity (Wildman–Crippen MR) is 59.4 cm³/mol. The van der Waals surface area contributed by atoms with Crippen molar-refractivity contribution in [3.8, 4) is 0 Å². The number of ether oxygens (including phenoxy) is 1. The van der Waals surface area contributed by atoms with Crippen LogP contribution in [0.2, 0.25) is 0 Å². The summed E-state index contributed by atoms with van der Waals surface area (Å²) in [5.74, 6) is 0.194. The van der Waals surface area contributed by atoms with Crippen molar-refractivity contribution < 1.29 is 9.53 Å². The minimum absolute atomic E-state index is 0.0603. The minimum atomic E-state index is -0.0603. The van der Waals surface area contributed by atoms with Gasteiger partial charge < -0.3 is 15.4 Å². The van der Waals surface area contributed by atoms with Crippen LogP contribution in [0, 0.1) is 0 Å². The second-order valence-electron chi connectivity index (χ2n) is 4.10. The van der Waals surface area contributed by atoms with E-state index in [1.165, 1.54) is 0 Å². The Morgan fingerprint density at radius 2 is 2.50 bits per heavy atom. The van der Waals surface area contributed by atoms with Gasteiger partial charge in [0.05, 0.1) is 0 Å². The third-order valence-corrected chi connectivity index (χ3v) is 2.86. The molecule has 0 aromatic heterocycles. The molecule has 16 heavy (non-hydrogen) atoms. The summed E-state index contributed by atoms with van der Waals surface area (Å²) in [6, 6.07) is 0. The molecule has 88 valence electrons. The maximum atomic E-state index is 10.1. The van der Waals surface area contributed by atoms with Crippen LogP contribution in [0.1, 0.15) is 12.8 Å². The molecule has 2 heterocycles. The largest absolute Gasteiger partial charge is 0.384 e. The van der Waals surface area contributed by atoms with Gasteiger partial charge in [0.15, 0.2) is 0 Å². The van der Waals surface area contributed by atoms with Crippen LogP contribution < -0.4 is 11.1 Å². The molecule has 6 heteroatoms. The van der Waals surface area contributed by atoms with Crippen molar-refractivity contribution in [2.75, 3.05) is 13.6 Å². The highest BCUT2D eigenvalue weighted by molar-refractivity contribution is 5.95. The third-order valence-electron chi connectivity index (χ3n) is 2.86. The summed E-state index contributed by atoms with van der Waals surface area (Å²) in [7, 11) is 1.91. The van der Waals surface area contributed by atoms with Gasteiger partial charge in [-0.25, -0.2) is 0 Å². The molecule has 2 saturated heterocycles. The Morgan fingerprint density at radius 1 is 1.75 bits per heavy atom. The van der Waals surface area contributed by atoms with Gasteiger partial charge in [0.1, 0.15) is 17.8 Å². The molecule has 2 aliphatic heterocycles. The van der Waals surface area contributed by atoms with Gasteiger partial charge >= 0.3 is 0 Å². The highest BCUT2D eigenvalue weighted by Gasteiger charge is 2.50. The Balaban J connectivity index is 1.86. The highest BCUT2D eigenvalue weighted by Crippen LogP contribution is 2.36. The summed E-state index contributed by atoms with van der Waals surface area (Å²) in [5.41, 5.74) is 5.39. The zero-order valence-electron chi connectivity index (χ0n) is 9.22. The van der Waals surface area contributed by atoms with Crippen molar-refractivity contribution in [2.24, 2.45) is 10.7 Å². The van der Waals surface area contributed by atoms with Crippen LogP contribution in [0.3, 0.4) is 0 Å². The molecule has 0 bridgehead atoms. The molecule has 6 nitrogen and oxygen atoms in total. The molecule has 1 spiro atoms. The number of carbonyl (C=O) groups is 1. The first kappa shape index (κ1) is 11.1. The number of hydrogen-bond donors (Lipinski definition) is 2. The fraction of sp³-hybridized carbons (Fsp3) is 0.600. The molecule has 1 amide bonds. The van der Waals surface area contributed by atoms with E-state index in [0.717, 1.165) is 19.4 Å². The number of rotatable bonds is 4. The molecule has 2 aliphatic rings. The lowest BCUT2D eigenvalue weighted by Crippen LogP contribution is -2.29. The lowest BCUT2D eigenvalue weighted by molar-refractivity contribution is -0.106. The fourth-order valence-electron chi connectivity index (χ4n) is 1.77. The van der Waals surface area contributed by atoms with Crippen LogP contribution in [-0.2, 0) is 9.53 Å². The van der Waals surface area contributed by atoms with Gasteiger partial charge in [-0.1, -0.05) is 0 Å². The fourth-order valence-corrected chi connectivity index (χ4v) is 1.77. The average molecular weight is 224 g/mol. The van der Waals surface area contributed by atoms with E-state index in [9.17, 15) is 4.79 Å². The van der Waals surface area contributed by atoms with Crippen LogP contribution in [-0.4, -0.2) is 42.7 Å². The number of hydrogen-bond acceptors (Lipinski definition) is 4. The highest BCUT2D eigenvalue weighted by atomic mass is 16.6. The molecule has 0 aromatic rings. The van der Waals surface area contributed by atoms with E-state index in [-0.39, 0.29) is 17.8 Å². The summed E-state index contributed by atoms with van der Waals surface area (Å²) >= 11 is 0. The van der Waals surface area contributed by atoms with Gasteiger partial charge in [0.25, 0.3) is 0 Å². The van der Waals surface area contributed by atoms with E-state index < -0.39 is 0 Å². The lowest BCUT2D eigenvalue weighted by atomic mass is 10.2. The number of amidine groups is 1. The second kappa shape index (κ2) is 4.23. The molecule has 2 atom stereocenters. The number of aliphatic imine (C=N–C) groups is 1. The first-order valence-electron chi connectivity index (χ1n) is 5.25. The van der Waals surface area contributed by atoms with Crippen molar-refractivity contribution in [3.05, 3.63) is 12.3 Å². The lowest BCUT2D eigenvalue weighted by Gasteiger charge is -2.22. The van der Waals surface area contributed by atoms with Gasteiger partial charge in [-0.3, -0.25) is 10.1 Å². The van der Waals surface area contributed by atoms with Crippen LogP contribution >= 0.6 is 0 Å². The quantitative estimate of drug-likeness (QED) is 0.287. The van der Waals surface area contributed by atoms with E-state index in [1.807, 2.05) is 11.9 Å². The van der Waals surface area contributed by atoms with Crippen LogP contribution in [0.4, 0.5) is 0 Å². The summed E-state index contributed by atoms with van der Waals surface area (Å²) in [6.07, 6.45) is 5.87. The molecule has 2 rings (SSSR count). The Kier molecular flexibility index (Phi) is 2.93. The molecule has 2 unspecified atom stereocenters. The van der Waals surface area contributed by atoms with E-state index in [1.54, 1.807) is 12.3 Å². The molecular weight excluding hydrogens is 208 g/mol. The molecule has 0 radical (unpaired) electrons. The van der Waals surface area contributed by atoms with E-state index in [2.05, 4.69) is 10.3 Å². The SMILES string of the molecule is CN(/C=C\C(N)=N/C=O)C1CCC2(CN2)O1. The number of carbonyl (C=O) groups excluding carboxylic acids is 1.